The Morgan fingerprint density at radius 3 is 2.83 bits per heavy atom. The third kappa shape index (κ3) is 2.27. The number of hydrogen-bond acceptors (Lipinski definition) is 1. The lowest BCUT2D eigenvalue weighted by Crippen LogP contribution is -2.18. The molecule has 1 aliphatic rings. The van der Waals surface area contributed by atoms with Crippen LogP contribution in [-0.4, -0.2) is 4.57 Å². The molecule has 3 rings (SSSR count). The second kappa shape index (κ2) is 4.73. The maximum Gasteiger partial charge on any atom is 0.250 e. The van der Waals surface area contributed by atoms with Gasteiger partial charge < -0.3 is 4.57 Å². The van der Waals surface area contributed by atoms with E-state index in [9.17, 15) is 4.79 Å². The summed E-state index contributed by atoms with van der Waals surface area (Å²) in [7, 11) is 0. The Labute approximate surface area is 114 Å². The fourth-order valence-electron chi connectivity index (χ4n) is 2.55. The van der Waals surface area contributed by atoms with Crippen LogP contribution in [0, 0.1) is 0 Å². The number of benzene rings is 1. The van der Waals surface area contributed by atoms with E-state index in [1.807, 2.05) is 6.20 Å². The monoisotopic (exact) mass is 303 g/mol. The van der Waals surface area contributed by atoms with E-state index < -0.39 is 0 Å². The molecule has 0 spiro atoms. The van der Waals surface area contributed by atoms with Crippen LogP contribution in [0.1, 0.15) is 23.1 Å². The molecule has 0 aliphatic heterocycles. The molecule has 2 nitrogen and oxygen atoms in total. The minimum atomic E-state index is 0.0405. The molecule has 0 bridgehead atoms. The minimum Gasteiger partial charge on any atom is -0.310 e. The van der Waals surface area contributed by atoms with Crippen LogP contribution in [0.4, 0.5) is 0 Å². The van der Waals surface area contributed by atoms with Crippen molar-refractivity contribution in [3.05, 3.63) is 68.0 Å². The first-order valence-electron chi connectivity index (χ1n) is 6.19. The molecule has 1 aliphatic carbocycles. The maximum absolute atomic E-state index is 11.8. The van der Waals surface area contributed by atoms with Crippen LogP contribution in [0.5, 0.6) is 0 Å². The Morgan fingerprint density at radius 2 is 1.94 bits per heavy atom. The van der Waals surface area contributed by atoms with Gasteiger partial charge in [0.15, 0.2) is 0 Å². The smallest absolute Gasteiger partial charge is 0.250 e. The van der Waals surface area contributed by atoms with Gasteiger partial charge in [0, 0.05) is 16.7 Å². The zero-order chi connectivity index (χ0) is 12.5. The van der Waals surface area contributed by atoms with E-state index in [1.54, 1.807) is 16.7 Å². The number of rotatable bonds is 2. The largest absolute Gasteiger partial charge is 0.310 e. The number of fused-ring (bicyclic) bond motifs is 1. The number of nitrogens with zero attached hydrogens (tertiary/aromatic N) is 1. The fraction of sp³-hybridized carbons (Fsp3) is 0.267. The zero-order valence-electron chi connectivity index (χ0n) is 10.0. The summed E-state index contributed by atoms with van der Waals surface area (Å²) < 4.78 is 2.67. The molecule has 1 aromatic carbocycles. The Hall–Kier alpha value is -1.35. The van der Waals surface area contributed by atoms with Crippen LogP contribution in [-0.2, 0) is 19.4 Å². The third-order valence-corrected chi connectivity index (χ3v) is 3.93. The molecule has 92 valence electrons. The molecule has 0 atom stereocenters. The predicted molar refractivity (Wildman–Crippen MR) is 76.0 cm³/mol. The highest BCUT2D eigenvalue weighted by Gasteiger charge is 2.10. The van der Waals surface area contributed by atoms with Crippen molar-refractivity contribution >= 4 is 15.9 Å². The summed E-state index contributed by atoms with van der Waals surface area (Å²) in [6, 6.07) is 9.97. The summed E-state index contributed by atoms with van der Waals surface area (Å²) in [5, 5.41) is 0. The Bertz CT molecular complexity index is 645. The molecule has 0 N–H and O–H groups in total. The van der Waals surface area contributed by atoms with Crippen LogP contribution in [0.25, 0.3) is 0 Å². The summed E-state index contributed by atoms with van der Waals surface area (Å²) in [6.07, 6.45) is 5.48. The lowest BCUT2D eigenvalue weighted by Gasteiger charge is -2.08. The molecule has 1 aromatic heterocycles. The van der Waals surface area contributed by atoms with Gasteiger partial charge in [0.2, 0.25) is 0 Å². The lowest BCUT2D eigenvalue weighted by molar-refractivity contribution is 0.755. The summed E-state index contributed by atoms with van der Waals surface area (Å²) in [5.41, 5.74) is 4.17. The van der Waals surface area contributed by atoms with E-state index in [4.69, 9.17) is 0 Å². The Kier molecular flexibility index (Phi) is 3.08. The van der Waals surface area contributed by atoms with Crippen molar-refractivity contribution in [2.75, 3.05) is 0 Å². The normalized spacial score (nSPS) is 13.6. The first kappa shape index (κ1) is 11.7. The summed E-state index contributed by atoms with van der Waals surface area (Å²) in [4.78, 5) is 11.8. The SMILES string of the molecule is O=c1ccc(Br)cn1Cc1ccc2c(c1)CCC2. The van der Waals surface area contributed by atoms with Crippen molar-refractivity contribution in [2.24, 2.45) is 0 Å². The fourth-order valence-corrected chi connectivity index (χ4v) is 2.93. The molecule has 1 heterocycles. The van der Waals surface area contributed by atoms with Gasteiger partial charge in [0.25, 0.3) is 5.56 Å². The molecular weight excluding hydrogens is 290 g/mol. The molecule has 0 unspecified atom stereocenters. The number of halogens is 1. The standard InChI is InChI=1S/C15H14BrNO/c16-14-6-7-15(18)17(10-14)9-11-4-5-12-2-1-3-13(12)8-11/h4-8,10H,1-3,9H2. The van der Waals surface area contributed by atoms with Gasteiger partial charge in [0.05, 0.1) is 6.54 Å². The van der Waals surface area contributed by atoms with Crippen LogP contribution >= 0.6 is 15.9 Å². The molecule has 0 radical (unpaired) electrons. The van der Waals surface area contributed by atoms with Gasteiger partial charge in [-0.25, -0.2) is 0 Å². The summed E-state index contributed by atoms with van der Waals surface area (Å²) in [6.45, 7) is 0.644. The van der Waals surface area contributed by atoms with E-state index in [2.05, 4.69) is 34.1 Å². The van der Waals surface area contributed by atoms with Gasteiger partial charge in [-0.3, -0.25) is 4.79 Å². The van der Waals surface area contributed by atoms with Crippen molar-refractivity contribution in [3.8, 4) is 0 Å². The van der Waals surface area contributed by atoms with Gasteiger partial charge in [-0.2, -0.15) is 0 Å². The maximum atomic E-state index is 11.8. The highest BCUT2D eigenvalue weighted by Crippen LogP contribution is 2.23. The van der Waals surface area contributed by atoms with Crippen molar-refractivity contribution in [3.63, 3.8) is 0 Å². The summed E-state index contributed by atoms with van der Waals surface area (Å²) >= 11 is 3.40. The quantitative estimate of drug-likeness (QED) is 0.835. The van der Waals surface area contributed by atoms with E-state index in [0.29, 0.717) is 6.54 Å². The van der Waals surface area contributed by atoms with E-state index >= 15 is 0 Å². The molecular formula is C15H14BrNO. The zero-order valence-corrected chi connectivity index (χ0v) is 11.6. The van der Waals surface area contributed by atoms with Gasteiger partial charge in [-0.1, -0.05) is 18.2 Å². The second-order valence-electron chi connectivity index (χ2n) is 4.77. The highest BCUT2D eigenvalue weighted by atomic mass is 79.9. The average molecular weight is 304 g/mol. The Balaban J connectivity index is 1.93. The minimum absolute atomic E-state index is 0.0405. The van der Waals surface area contributed by atoms with Crippen LogP contribution < -0.4 is 5.56 Å². The number of pyridine rings is 1. The number of aryl methyl sites for hydroxylation is 2. The van der Waals surface area contributed by atoms with Crippen LogP contribution in [0.2, 0.25) is 0 Å². The van der Waals surface area contributed by atoms with Crippen LogP contribution in [0.3, 0.4) is 0 Å². The first-order valence-corrected chi connectivity index (χ1v) is 6.98. The molecule has 0 fully saturated rings. The molecule has 0 amide bonds. The molecule has 0 saturated heterocycles. The van der Waals surface area contributed by atoms with Gasteiger partial charge in [0.1, 0.15) is 0 Å². The second-order valence-corrected chi connectivity index (χ2v) is 5.69. The number of aromatic nitrogens is 1. The highest BCUT2D eigenvalue weighted by molar-refractivity contribution is 9.10. The van der Waals surface area contributed by atoms with E-state index in [0.717, 1.165) is 4.47 Å². The Morgan fingerprint density at radius 1 is 1.11 bits per heavy atom. The predicted octanol–water partition coefficient (Wildman–Crippen LogP) is 3.15. The van der Waals surface area contributed by atoms with E-state index in [1.165, 1.54) is 36.0 Å². The first-order chi connectivity index (χ1) is 8.72. The van der Waals surface area contributed by atoms with Crippen molar-refractivity contribution in [1.29, 1.82) is 0 Å². The lowest BCUT2D eigenvalue weighted by atomic mass is 10.1. The van der Waals surface area contributed by atoms with Gasteiger partial charge >= 0.3 is 0 Å². The number of hydrogen-bond donors (Lipinski definition) is 0. The summed E-state index contributed by atoms with van der Waals surface area (Å²) in [5.74, 6) is 0. The molecule has 2 aromatic rings. The van der Waals surface area contributed by atoms with Crippen molar-refractivity contribution in [2.45, 2.75) is 25.8 Å². The molecule has 3 heteroatoms. The van der Waals surface area contributed by atoms with Gasteiger partial charge in [-0.15, -0.1) is 0 Å². The van der Waals surface area contributed by atoms with Crippen LogP contribution in [0.15, 0.2) is 45.8 Å². The van der Waals surface area contributed by atoms with E-state index in [-0.39, 0.29) is 5.56 Å². The third-order valence-electron chi connectivity index (χ3n) is 3.46. The van der Waals surface area contributed by atoms with Gasteiger partial charge in [-0.05, 0) is 57.9 Å². The molecule has 18 heavy (non-hydrogen) atoms. The average Bonchev–Trinajstić information content (AvgIpc) is 2.81. The topological polar surface area (TPSA) is 22.0 Å². The van der Waals surface area contributed by atoms with Crippen molar-refractivity contribution in [1.82, 2.24) is 4.57 Å². The van der Waals surface area contributed by atoms with Crippen molar-refractivity contribution < 1.29 is 0 Å². The molecule has 0 saturated carbocycles.